The van der Waals surface area contributed by atoms with Gasteiger partial charge in [0.2, 0.25) is 6.01 Å². The molecule has 1 aromatic carbocycles. The molecule has 0 aliphatic carbocycles. The van der Waals surface area contributed by atoms with E-state index in [0.29, 0.717) is 17.5 Å². The zero-order chi connectivity index (χ0) is 13.8. The molecule has 0 radical (unpaired) electrons. The largest absolute Gasteiger partial charge is 0.429 e. The Morgan fingerprint density at radius 3 is 2.56 bits per heavy atom. The minimum absolute atomic E-state index is 0.0772. The monoisotopic (exact) mass is 276 g/mol. The Hall–Kier alpha value is -1.63. The minimum Gasteiger partial charge on any atom is -0.429 e. The molecule has 0 aromatic heterocycles. The van der Waals surface area contributed by atoms with E-state index < -0.39 is 16.1 Å². The Morgan fingerprint density at radius 2 is 2.06 bits per heavy atom. The van der Waals surface area contributed by atoms with Gasteiger partial charge in [-0.25, -0.2) is 4.39 Å². The van der Waals surface area contributed by atoms with Gasteiger partial charge in [0.05, 0.1) is 0 Å². The summed E-state index contributed by atoms with van der Waals surface area (Å²) in [7, 11) is -4.23. The second kappa shape index (κ2) is 5.81. The molecule has 0 saturated carbocycles. The van der Waals surface area contributed by atoms with E-state index in [1.165, 1.54) is 12.1 Å². The SMILES string of the molecule is CCc1cc(OC=O)cc(C)c1OS(=O)(=O)CF. The van der Waals surface area contributed by atoms with Crippen LogP contribution in [0.5, 0.6) is 11.5 Å². The van der Waals surface area contributed by atoms with E-state index in [4.69, 9.17) is 4.18 Å². The Labute approximate surface area is 105 Å². The van der Waals surface area contributed by atoms with Gasteiger partial charge in [0, 0.05) is 0 Å². The maximum absolute atomic E-state index is 12.2. The summed E-state index contributed by atoms with van der Waals surface area (Å²) in [5.41, 5.74) is 0.965. The number of alkyl halides is 1. The maximum atomic E-state index is 12.2. The van der Waals surface area contributed by atoms with Crippen LogP contribution in [0, 0.1) is 6.92 Å². The summed E-state index contributed by atoms with van der Waals surface area (Å²) in [6, 6.07) is 1.32. The topological polar surface area (TPSA) is 69.7 Å². The molecule has 0 heterocycles. The highest BCUT2D eigenvalue weighted by Crippen LogP contribution is 2.30. The number of hydrogen-bond acceptors (Lipinski definition) is 5. The number of hydrogen-bond donors (Lipinski definition) is 0. The maximum Gasteiger partial charge on any atom is 0.339 e. The van der Waals surface area contributed by atoms with Gasteiger partial charge in [0.15, 0.2) is 0 Å². The van der Waals surface area contributed by atoms with E-state index in [-0.39, 0.29) is 18.0 Å². The molecule has 100 valence electrons. The molecule has 0 spiro atoms. The predicted octanol–water partition coefficient (Wildman–Crippen LogP) is 1.73. The van der Waals surface area contributed by atoms with Crippen molar-refractivity contribution in [1.29, 1.82) is 0 Å². The lowest BCUT2D eigenvalue weighted by atomic mass is 10.1. The van der Waals surface area contributed by atoms with Gasteiger partial charge in [-0.3, -0.25) is 4.79 Å². The number of ether oxygens (including phenoxy) is 1. The number of carbonyl (C=O) groups is 1. The van der Waals surface area contributed by atoms with Crippen molar-refractivity contribution in [3.63, 3.8) is 0 Å². The summed E-state index contributed by atoms with van der Waals surface area (Å²) in [5.74, 6) is 0.359. The van der Waals surface area contributed by atoms with Crippen molar-refractivity contribution in [1.82, 2.24) is 0 Å². The second-order valence-electron chi connectivity index (χ2n) is 3.55. The van der Waals surface area contributed by atoms with Gasteiger partial charge in [0.1, 0.15) is 11.5 Å². The van der Waals surface area contributed by atoms with Crippen molar-refractivity contribution in [2.75, 3.05) is 6.01 Å². The first-order chi connectivity index (χ1) is 8.43. The van der Waals surface area contributed by atoms with Crippen LogP contribution in [0.4, 0.5) is 4.39 Å². The second-order valence-corrected chi connectivity index (χ2v) is 5.05. The van der Waals surface area contributed by atoms with E-state index in [1.54, 1.807) is 13.8 Å². The molecule has 0 saturated heterocycles. The van der Waals surface area contributed by atoms with Crippen molar-refractivity contribution in [2.45, 2.75) is 20.3 Å². The molecule has 0 aliphatic rings. The van der Waals surface area contributed by atoms with Crippen LogP contribution in [0.2, 0.25) is 0 Å². The quantitative estimate of drug-likeness (QED) is 0.584. The Kier molecular flexibility index (Phi) is 4.66. The third-order valence-electron chi connectivity index (χ3n) is 2.23. The minimum atomic E-state index is -4.23. The fourth-order valence-electron chi connectivity index (χ4n) is 1.47. The van der Waals surface area contributed by atoms with Crippen LogP contribution in [-0.2, 0) is 21.3 Å². The van der Waals surface area contributed by atoms with Gasteiger partial charge in [0.25, 0.3) is 6.47 Å². The molecule has 0 N–H and O–H groups in total. The van der Waals surface area contributed by atoms with Crippen LogP contribution in [0.15, 0.2) is 12.1 Å². The standard InChI is InChI=1S/C11H13FO5S/c1-3-9-5-10(16-7-13)4-8(2)11(9)17-18(14,15)6-12/h4-5,7H,3,6H2,1-2H3. The van der Waals surface area contributed by atoms with Crippen molar-refractivity contribution < 1.29 is 26.5 Å². The molecule has 0 unspecified atom stereocenters. The fourth-order valence-corrected chi connectivity index (χ4v) is 2.00. The first-order valence-corrected chi connectivity index (χ1v) is 6.73. The van der Waals surface area contributed by atoms with E-state index in [2.05, 4.69) is 4.74 Å². The van der Waals surface area contributed by atoms with Crippen molar-refractivity contribution in [3.05, 3.63) is 23.3 Å². The lowest BCUT2D eigenvalue weighted by Crippen LogP contribution is -2.13. The fraction of sp³-hybridized carbons (Fsp3) is 0.364. The number of halogens is 1. The Bertz CT molecular complexity index is 539. The first kappa shape index (κ1) is 14.4. The molecular weight excluding hydrogens is 263 g/mol. The Balaban J connectivity index is 3.23. The van der Waals surface area contributed by atoms with E-state index >= 15 is 0 Å². The summed E-state index contributed by atoms with van der Waals surface area (Å²) in [6.45, 7) is 3.63. The zero-order valence-electron chi connectivity index (χ0n) is 9.97. The molecule has 0 bridgehead atoms. The molecule has 5 nitrogen and oxygen atoms in total. The van der Waals surface area contributed by atoms with Crippen LogP contribution in [0.3, 0.4) is 0 Å². The summed E-state index contributed by atoms with van der Waals surface area (Å²) < 4.78 is 43.8. The molecule has 7 heteroatoms. The van der Waals surface area contributed by atoms with E-state index in [9.17, 15) is 17.6 Å². The van der Waals surface area contributed by atoms with Gasteiger partial charge in [-0.2, -0.15) is 8.42 Å². The number of aryl methyl sites for hydroxylation is 2. The molecule has 0 atom stereocenters. The summed E-state index contributed by atoms with van der Waals surface area (Å²) >= 11 is 0. The third kappa shape index (κ3) is 3.43. The highest BCUT2D eigenvalue weighted by atomic mass is 32.2. The molecule has 1 aromatic rings. The molecule has 0 fully saturated rings. The average molecular weight is 276 g/mol. The lowest BCUT2D eigenvalue weighted by molar-refractivity contribution is -0.120. The van der Waals surface area contributed by atoms with Gasteiger partial charge in [-0.05, 0) is 36.6 Å². The zero-order valence-corrected chi connectivity index (χ0v) is 10.8. The first-order valence-electron chi connectivity index (χ1n) is 5.15. The number of carbonyl (C=O) groups excluding carboxylic acids is 1. The highest BCUT2D eigenvalue weighted by molar-refractivity contribution is 7.86. The van der Waals surface area contributed by atoms with E-state index in [1.807, 2.05) is 0 Å². The molecule has 0 amide bonds. The third-order valence-corrected chi connectivity index (χ3v) is 2.92. The van der Waals surface area contributed by atoms with Crippen LogP contribution in [-0.4, -0.2) is 20.9 Å². The lowest BCUT2D eigenvalue weighted by Gasteiger charge is -2.13. The van der Waals surface area contributed by atoms with Crippen molar-refractivity contribution in [2.24, 2.45) is 0 Å². The van der Waals surface area contributed by atoms with E-state index in [0.717, 1.165) is 0 Å². The van der Waals surface area contributed by atoms with Gasteiger partial charge >= 0.3 is 10.1 Å². The smallest absolute Gasteiger partial charge is 0.339 e. The number of benzene rings is 1. The summed E-state index contributed by atoms with van der Waals surface area (Å²) in [5, 5.41) is 0. The van der Waals surface area contributed by atoms with Gasteiger partial charge in [-0.1, -0.05) is 6.92 Å². The van der Waals surface area contributed by atoms with Crippen LogP contribution >= 0.6 is 0 Å². The van der Waals surface area contributed by atoms with Crippen molar-refractivity contribution in [3.8, 4) is 11.5 Å². The molecular formula is C11H13FO5S. The van der Waals surface area contributed by atoms with Gasteiger partial charge < -0.3 is 8.92 Å². The van der Waals surface area contributed by atoms with Gasteiger partial charge in [-0.15, -0.1) is 0 Å². The summed E-state index contributed by atoms with van der Waals surface area (Å²) in [6.07, 6.45) is 0.452. The highest BCUT2D eigenvalue weighted by Gasteiger charge is 2.17. The van der Waals surface area contributed by atoms with Crippen LogP contribution in [0.1, 0.15) is 18.1 Å². The van der Waals surface area contributed by atoms with Crippen molar-refractivity contribution >= 4 is 16.6 Å². The molecule has 1 rings (SSSR count). The normalized spacial score (nSPS) is 11.1. The Morgan fingerprint density at radius 1 is 1.39 bits per heavy atom. The van der Waals surface area contributed by atoms with Crippen LogP contribution in [0.25, 0.3) is 0 Å². The summed E-state index contributed by atoms with van der Waals surface area (Å²) in [4.78, 5) is 10.2. The predicted molar refractivity (Wildman–Crippen MR) is 62.8 cm³/mol. The number of rotatable bonds is 6. The molecule has 0 aliphatic heterocycles. The average Bonchev–Trinajstić information content (AvgIpc) is 2.32. The molecule has 18 heavy (non-hydrogen) atoms. The van der Waals surface area contributed by atoms with Crippen LogP contribution < -0.4 is 8.92 Å².